The molecule has 3 heterocycles. The van der Waals surface area contributed by atoms with Gasteiger partial charge < -0.3 is 10.2 Å². The van der Waals surface area contributed by atoms with Gasteiger partial charge >= 0.3 is 0 Å². The number of hydrogen-bond acceptors (Lipinski definition) is 3. The Morgan fingerprint density at radius 1 is 1.15 bits per heavy atom. The molecular weight excluding hydrogens is 250 g/mol. The van der Waals surface area contributed by atoms with E-state index in [1.165, 1.54) is 38.8 Å². The van der Waals surface area contributed by atoms with Gasteiger partial charge in [0.1, 0.15) is 0 Å². The lowest BCUT2D eigenvalue weighted by molar-refractivity contribution is -0.144. The second-order valence-corrected chi connectivity index (χ2v) is 7.13. The Bertz CT molecular complexity index is 346. The molecule has 3 saturated heterocycles. The Kier molecular flexibility index (Phi) is 4.32. The van der Waals surface area contributed by atoms with Crippen molar-refractivity contribution in [3.63, 3.8) is 0 Å². The van der Waals surface area contributed by atoms with Crippen LogP contribution >= 0.6 is 0 Å². The fraction of sp³-hybridized carbons (Fsp3) is 0.938. The first-order chi connectivity index (χ1) is 9.69. The van der Waals surface area contributed by atoms with Crippen LogP contribution in [0.3, 0.4) is 0 Å². The van der Waals surface area contributed by atoms with E-state index in [9.17, 15) is 4.79 Å². The first-order valence-corrected chi connectivity index (χ1v) is 8.43. The van der Waals surface area contributed by atoms with Crippen molar-refractivity contribution in [3.05, 3.63) is 0 Å². The second-order valence-electron chi connectivity index (χ2n) is 7.13. The molecule has 0 aliphatic carbocycles. The summed E-state index contributed by atoms with van der Waals surface area (Å²) in [4.78, 5) is 17.7. The molecule has 3 fully saturated rings. The molecule has 0 bridgehead atoms. The van der Waals surface area contributed by atoms with Crippen molar-refractivity contribution in [2.24, 2.45) is 5.41 Å². The Morgan fingerprint density at radius 3 is 2.65 bits per heavy atom. The van der Waals surface area contributed by atoms with E-state index in [-0.39, 0.29) is 5.41 Å². The number of carbonyl (C=O) groups excluding carboxylic acids is 1. The molecule has 3 aliphatic heterocycles. The number of hydrogen-bond donors (Lipinski definition) is 1. The van der Waals surface area contributed by atoms with E-state index in [4.69, 9.17) is 0 Å². The lowest BCUT2D eigenvalue weighted by Crippen LogP contribution is -2.55. The first-order valence-electron chi connectivity index (χ1n) is 8.43. The maximum atomic E-state index is 12.9. The molecule has 2 atom stereocenters. The fourth-order valence-electron chi connectivity index (χ4n) is 4.16. The van der Waals surface area contributed by atoms with E-state index < -0.39 is 0 Å². The molecule has 1 amide bonds. The maximum Gasteiger partial charge on any atom is 0.229 e. The number of nitrogens with zero attached hydrogens (tertiary/aromatic N) is 2. The topological polar surface area (TPSA) is 35.6 Å². The highest BCUT2D eigenvalue weighted by atomic mass is 16.2. The van der Waals surface area contributed by atoms with Gasteiger partial charge in [-0.25, -0.2) is 0 Å². The van der Waals surface area contributed by atoms with E-state index in [0.29, 0.717) is 11.9 Å². The summed E-state index contributed by atoms with van der Waals surface area (Å²) in [5.74, 6) is 0.397. The van der Waals surface area contributed by atoms with Gasteiger partial charge in [0.05, 0.1) is 5.41 Å². The summed E-state index contributed by atoms with van der Waals surface area (Å²) in [6.07, 6.45) is 7.31. The van der Waals surface area contributed by atoms with Crippen LogP contribution in [0.4, 0.5) is 0 Å². The lowest BCUT2D eigenvalue weighted by Gasteiger charge is -2.42. The largest absolute Gasteiger partial charge is 0.341 e. The van der Waals surface area contributed by atoms with Crippen LogP contribution in [0.5, 0.6) is 0 Å². The van der Waals surface area contributed by atoms with Gasteiger partial charge in [0.2, 0.25) is 5.91 Å². The lowest BCUT2D eigenvalue weighted by atomic mass is 9.81. The smallest absolute Gasteiger partial charge is 0.229 e. The zero-order valence-electron chi connectivity index (χ0n) is 12.9. The normalized spacial score (nSPS) is 36.2. The molecule has 0 aromatic heterocycles. The third-order valence-electron chi connectivity index (χ3n) is 5.45. The van der Waals surface area contributed by atoms with E-state index >= 15 is 0 Å². The molecule has 3 aliphatic rings. The highest BCUT2D eigenvalue weighted by Crippen LogP contribution is 2.30. The maximum absolute atomic E-state index is 12.9. The Labute approximate surface area is 122 Å². The number of rotatable bonds is 2. The summed E-state index contributed by atoms with van der Waals surface area (Å²) < 4.78 is 0. The zero-order valence-corrected chi connectivity index (χ0v) is 12.9. The summed E-state index contributed by atoms with van der Waals surface area (Å²) in [5, 5.41) is 3.40. The van der Waals surface area contributed by atoms with Crippen molar-refractivity contribution in [1.29, 1.82) is 0 Å². The van der Waals surface area contributed by atoms with Crippen LogP contribution in [0, 0.1) is 5.41 Å². The Morgan fingerprint density at radius 2 is 1.95 bits per heavy atom. The van der Waals surface area contributed by atoms with Gasteiger partial charge in [-0.3, -0.25) is 9.69 Å². The van der Waals surface area contributed by atoms with E-state index in [1.807, 2.05) is 0 Å². The quantitative estimate of drug-likeness (QED) is 0.831. The van der Waals surface area contributed by atoms with Crippen molar-refractivity contribution in [2.75, 3.05) is 39.3 Å². The van der Waals surface area contributed by atoms with Crippen LogP contribution in [-0.2, 0) is 4.79 Å². The average Bonchev–Trinajstić information content (AvgIpc) is 3.02. The summed E-state index contributed by atoms with van der Waals surface area (Å²) in [6.45, 7) is 8.50. The van der Waals surface area contributed by atoms with Crippen LogP contribution in [0.2, 0.25) is 0 Å². The number of carbonyl (C=O) groups is 1. The van der Waals surface area contributed by atoms with Crippen molar-refractivity contribution < 1.29 is 4.79 Å². The predicted molar refractivity (Wildman–Crippen MR) is 80.6 cm³/mol. The van der Waals surface area contributed by atoms with Crippen LogP contribution in [0.1, 0.15) is 45.4 Å². The average molecular weight is 279 g/mol. The minimum Gasteiger partial charge on any atom is -0.341 e. The molecule has 0 radical (unpaired) electrons. The Hall–Kier alpha value is -0.610. The number of nitrogens with one attached hydrogen (secondary N) is 1. The number of piperidine rings is 2. The minimum atomic E-state index is -0.162. The van der Waals surface area contributed by atoms with Gasteiger partial charge in [0.15, 0.2) is 0 Å². The summed E-state index contributed by atoms with van der Waals surface area (Å²) in [6, 6.07) is 0.621. The van der Waals surface area contributed by atoms with Crippen molar-refractivity contribution in [3.8, 4) is 0 Å². The second kappa shape index (κ2) is 6.02. The van der Waals surface area contributed by atoms with Crippen LogP contribution < -0.4 is 5.32 Å². The molecule has 3 rings (SSSR count). The summed E-state index contributed by atoms with van der Waals surface area (Å²) in [7, 11) is 0. The van der Waals surface area contributed by atoms with Gasteiger partial charge in [0.25, 0.3) is 0 Å². The number of amides is 1. The molecule has 4 heteroatoms. The van der Waals surface area contributed by atoms with Crippen molar-refractivity contribution in [2.45, 2.75) is 51.5 Å². The van der Waals surface area contributed by atoms with E-state index in [2.05, 4.69) is 22.0 Å². The highest BCUT2D eigenvalue weighted by Gasteiger charge is 2.39. The van der Waals surface area contributed by atoms with Gasteiger partial charge in [-0.05, 0) is 65.1 Å². The van der Waals surface area contributed by atoms with Crippen LogP contribution in [0.15, 0.2) is 0 Å². The van der Waals surface area contributed by atoms with Gasteiger partial charge in [-0.15, -0.1) is 0 Å². The zero-order chi connectivity index (χ0) is 14.0. The molecule has 4 nitrogen and oxygen atoms in total. The molecule has 114 valence electrons. The van der Waals surface area contributed by atoms with Crippen molar-refractivity contribution >= 4 is 5.91 Å². The molecule has 0 aromatic rings. The molecular formula is C16H29N3O. The van der Waals surface area contributed by atoms with Crippen LogP contribution in [0.25, 0.3) is 0 Å². The summed E-state index contributed by atoms with van der Waals surface area (Å²) in [5.41, 5.74) is -0.162. The standard InChI is InChI=1S/C16H29N3O/c1-16(7-5-8-17-13-16)15(20)19-11-4-6-14(12-19)18-9-2-3-10-18/h14,17H,2-13H2,1H3. The minimum absolute atomic E-state index is 0.162. The molecule has 0 spiro atoms. The van der Waals surface area contributed by atoms with Gasteiger partial charge in [-0.1, -0.05) is 0 Å². The predicted octanol–water partition coefficient (Wildman–Crippen LogP) is 1.46. The third-order valence-corrected chi connectivity index (χ3v) is 5.45. The van der Waals surface area contributed by atoms with E-state index in [1.54, 1.807) is 0 Å². The summed E-state index contributed by atoms with van der Waals surface area (Å²) >= 11 is 0. The molecule has 0 aromatic carbocycles. The number of likely N-dealkylation sites (tertiary alicyclic amines) is 2. The van der Waals surface area contributed by atoms with Gasteiger partial charge in [-0.2, -0.15) is 0 Å². The third kappa shape index (κ3) is 2.86. The molecule has 0 saturated carbocycles. The monoisotopic (exact) mass is 279 g/mol. The van der Waals surface area contributed by atoms with Crippen molar-refractivity contribution in [1.82, 2.24) is 15.1 Å². The first kappa shape index (κ1) is 14.3. The molecule has 2 unspecified atom stereocenters. The SMILES string of the molecule is CC1(C(=O)N2CCCC(N3CCCC3)C2)CCCNC1. The van der Waals surface area contributed by atoms with Gasteiger partial charge in [0, 0.05) is 25.7 Å². The highest BCUT2D eigenvalue weighted by molar-refractivity contribution is 5.83. The van der Waals surface area contributed by atoms with Crippen LogP contribution in [-0.4, -0.2) is 61.0 Å². The fourth-order valence-corrected chi connectivity index (χ4v) is 4.16. The molecule has 20 heavy (non-hydrogen) atoms. The molecule has 1 N–H and O–H groups in total. The van der Waals surface area contributed by atoms with E-state index in [0.717, 1.165) is 39.0 Å². The Balaban J connectivity index is 1.62.